The van der Waals surface area contributed by atoms with Gasteiger partial charge in [0.25, 0.3) is 5.91 Å². The van der Waals surface area contributed by atoms with Crippen molar-refractivity contribution in [1.82, 2.24) is 20.5 Å². The lowest BCUT2D eigenvalue weighted by Crippen LogP contribution is -2.48. The van der Waals surface area contributed by atoms with Crippen LogP contribution in [-0.2, 0) is 21.3 Å². The van der Waals surface area contributed by atoms with Gasteiger partial charge in [0.15, 0.2) is 0 Å². The number of aliphatic hydroxyl groups is 1. The maximum Gasteiger partial charge on any atom is 0.416 e. The number of ether oxygens (including phenoxy) is 2. The Bertz CT molecular complexity index is 1170. The molecule has 3 N–H and O–H groups in total. The van der Waals surface area contributed by atoms with Crippen LogP contribution >= 0.6 is 0 Å². The first-order chi connectivity index (χ1) is 19.0. The van der Waals surface area contributed by atoms with Crippen LogP contribution in [0.5, 0.6) is 5.88 Å². The highest BCUT2D eigenvalue weighted by molar-refractivity contribution is 5.96. The highest BCUT2D eigenvalue weighted by Gasteiger charge is 2.42. The lowest BCUT2D eigenvalue weighted by atomic mass is 9.78. The Morgan fingerprint density at radius 2 is 1.93 bits per heavy atom. The number of likely N-dealkylation sites (tertiary alicyclic amines) is 1. The standard InChI is InChI=1S/C28H35F3N4O5/c1-3-40-23-17-35(21-9-11-27(38,12-10-21)20-7-8-25(39-2)32-14-20)16-22(23)34-24(36)15-33-26(37)18-5-4-6-19(13-18)28(29,30)31/h4-8,13-14,21-23,38H,3,9-12,15-17H2,1-2H3,(H,33,37)(H,34,36)/t21?,22-,23+,27?/m0/s1. The van der Waals surface area contributed by atoms with Gasteiger partial charge in [0.2, 0.25) is 11.8 Å². The predicted molar refractivity (Wildman–Crippen MR) is 140 cm³/mol. The van der Waals surface area contributed by atoms with Crippen LogP contribution in [0.15, 0.2) is 42.6 Å². The molecule has 1 saturated carbocycles. The van der Waals surface area contributed by atoms with Gasteiger partial charge < -0.3 is 25.2 Å². The van der Waals surface area contributed by atoms with Crippen molar-refractivity contribution in [1.29, 1.82) is 0 Å². The van der Waals surface area contributed by atoms with Gasteiger partial charge in [-0.25, -0.2) is 4.98 Å². The van der Waals surface area contributed by atoms with E-state index in [4.69, 9.17) is 9.47 Å². The van der Waals surface area contributed by atoms with E-state index in [2.05, 4.69) is 20.5 Å². The van der Waals surface area contributed by atoms with Crippen molar-refractivity contribution in [2.24, 2.45) is 0 Å². The molecule has 0 unspecified atom stereocenters. The quantitative estimate of drug-likeness (QED) is 0.429. The number of hydrogen-bond acceptors (Lipinski definition) is 7. The Hall–Kier alpha value is -3.22. The van der Waals surface area contributed by atoms with E-state index in [1.165, 1.54) is 6.07 Å². The molecule has 12 heteroatoms. The first-order valence-electron chi connectivity index (χ1n) is 13.4. The normalized spacial score (nSPS) is 25.4. The number of halogens is 3. The molecular formula is C28H35F3N4O5. The number of nitrogens with zero attached hydrogens (tertiary/aromatic N) is 2. The maximum absolute atomic E-state index is 12.9. The van der Waals surface area contributed by atoms with Crippen LogP contribution in [-0.4, -0.2) is 78.3 Å². The zero-order valence-corrected chi connectivity index (χ0v) is 22.5. The summed E-state index contributed by atoms with van der Waals surface area (Å²) in [5.41, 5.74) is -1.31. The maximum atomic E-state index is 12.9. The number of methoxy groups -OCH3 is 1. The summed E-state index contributed by atoms with van der Waals surface area (Å²) in [5.74, 6) is -0.734. The Labute approximate surface area is 231 Å². The first-order valence-corrected chi connectivity index (χ1v) is 13.4. The molecule has 2 fully saturated rings. The van der Waals surface area contributed by atoms with Crippen LogP contribution in [0.2, 0.25) is 0 Å². The molecule has 1 saturated heterocycles. The van der Waals surface area contributed by atoms with Crippen LogP contribution in [0, 0.1) is 0 Å². The second kappa shape index (κ2) is 12.5. The van der Waals surface area contributed by atoms with Crippen molar-refractivity contribution < 1.29 is 37.3 Å². The first kappa shape index (κ1) is 29.8. The molecule has 2 aliphatic rings. The summed E-state index contributed by atoms with van der Waals surface area (Å²) < 4.78 is 49.8. The number of benzene rings is 1. The molecule has 2 heterocycles. The summed E-state index contributed by atoms with van der Waals surface area (Å²) in [6, 6.07) is 7.51. The van der Waals surface area contributed by atoms with Crippen molar-refractivity contribution in [3.8, 4) is 5.88 Å². The number of aromatic nitrogens is 1. The van der Waals surface area contributed by atoms with Gasteiger partial charge in [-0.1, -0.05) is 6.07 Å². The summed E-state index contributed by atoms with van der Waals surface area (Å²) >= 11 is 0. The molecule has 218 valence electrons. The highest BCUT2D eigenvalue weighted by Crippen LogP contribution is 2.39. The van der Waals surface area contributed by atoms with E-state index >= 15 is 0 Å². The van der Waals surface area contributed by atoms with E-state index < -0.39 is 29.2 Å². The molecule has 2 amide bonds. The van der Waals surface area contributed by atoms with Crippen LogP contribution in [0.3, 0.4) is 0 Å². The highest BCUT2D eigenvalue weighted by atomic mass is 19.4. The largest absolute Gasteiger partial charge is 0.481 e. The van der Waals surface area contributed by atoms with Gasteiger partial charge in [0.1, 0.15) is 0 Å². The molecule has 1 aromatic carbocycles. The number of nitrogens with one attached hydrogen (secondary N) is 2. The number of alkyl halides is 3. The van der Waals surface area contributed by atoms with Crippen molar-refractivity contribution in [2.75, 3.05) is 33.4 Å². The van der Waals surface area contributed by atoms with Crippen molar-refractivity contribution >= 4 is 11.8 Å². The minimum Gasteiger partial charge on any atom is -0.481 e. The van der Waals surface area contributed by atoms with Crippen molar-refractivity contribution in [3.63, 3.8) is 0 Å². The SMILES string of the molecule is CCO[C@@H]1CN(C2CCC(O)(c3ccc(OC)nc3)CC2)C[C@@H]1NC(=O)CNC(=O)c1cccc(C(F)(F)F)c1. The summed E-state index contributed by atoms with van der Waals surface area (Å²) in [6.07, 6.45) is -0.512. The van der Waals surface area contributed by atoms with Gasteiger partial charge in [-0.3, -0.25) is 14.5 Å². The second-order valence-corrected chi connectivity index (χ2v) is 10.2. The Morgan fingerprint density at radius 3 is 2.55 bits per heavy atom. The monoisotopic (exact) mass is 564 g/mol. The number of carbonyl (C=O) groups is 2. The molecule has 9 nitrogen and oxygen atoms in total. The lowest BCUT2D eigenvalue weighted by Gasteiger charge is -2.39. The van der Waals surface area contributed by atoms with Crippen LogP contribution < -0.4 is 15.4 Å². The van der Waals surface area contributed by atoms with Gasteiger partial charge in [-0.2, -0.15) is 13.2 Å². The number of hydrogen-bond donors (Lipinski definition) is 3. The molecule has 2 aromatic rings. The topological polar surface area (TPSA) is 113 Å². The molecule has 4 rings (SSSR count). The third kappa shape index (κ3) is 7.10. The zero-order valence-electron chi connectivity index (χ0n) is 22.5. The smallest absolute Gasteiger partial charge is 0.416 e. The Kier molecular flexibility index (Phi) is 9.32. The van der Waals surface area contributed by atoms with Gasteiger partial charge in [0.05, 0.1) is 37.0 Å². The fourth-order valence-corrected chi connectivity index (χ4v) is 5.49. The molecule has 2 atom stereocenters. The molecule has 1 aliphatic heterocycles. The van der Waals surface area contributed by atoms with Crippen molar-refractivity contribution in [2.45, 2.75) is 62.6 Å². The van der Waals surface area contributed by atoms with Gasteiger partial charge >= 0.3 is 6.18 Å². The molecule has 1 aliphatic carbocycles. The third-order valence-corrected chi connectivity index (χ3v) is 7.66. The van der Waals surface area contributed by atoms with Gasteiger partial charge in [-0.15, -0.1) is 0 Å². The van der Waals surface area contributed by atoms with Gasteiger partial charge in [-0.05, 0) is 56.9 Å². The summed E-state index contributed by atoms with van der Waals surface area (Å²) in [6.45, 7) is 3.12. The number of rotatable bonds is 9. The van der Waals surface area contributed by atoms with E-state index in [-0.39, 0.29) is 30.3 Å². The van der Waals surface area contributed by atoms with E-state index in [0.717, 1.165) is 36.6 Å². The van der Waals surface area contributed by atoms with Crippen LogP contribution in [0.4, 0.5) is 13.2 Å². The van der Waals surface area contributed by atoms with Crippen LogP contribution in [0.25, 0.3) is 0 Å². The Balaban J connectivity index is 1.30. The third-order valence-electron chi connectivity index (χ3n) is 7.66. The minimum atomic E-state index is -4.57. The van der Waals surface area contributed by atoms with Crippen molar-refractivity contribution in [3.05, 3.63) is 59.3 Å². The second-order valence-electron chi connectivity index (χ2n) is 10.2. The van der Waals surface area contributed by atoms with Gasteiger partial charge in [0, 0.05) is 49.1 Å². The molecule has 0 spiro atoms. The molecule has 0 bridgehead atoms. The van der Waals surface area contributed by atoms with E-state index in [1.54, 1.807) is 19.4 Å². The zero-order chi connectivity index (χ0) is 28.9. The predicted octanol–water partition coefficient (Wildman–Crippen LogP) is 2.87. The molecule has 0 radical (unpaired) electrons. The Morgan fingerprint density at radius 1 is 1.18 bits per heavy atom. The molecule has 1 aromatic heterocycles. The molecular weight excluding hydrogens is 529 g/mol. The molecule has 40 heavy (non-hydrogen) atoms. The summed E-state index contributed by atoms with van der Waals surface area (Å²) in [5, 5.41) is 16.5. The number of amides is 2. The van der Waals surface area contributed by atoms with E-state index in [9.17, 15) is 27.9 Å². The van der Waals surface area contributed by atoms with Crippen LogP contribution in [0.1, 0.15) is 54.1 Å². The number of carbonyl (C=O) groups excluding carboxylic acids is 2. The number of pyridine rings is 1. The lowest BCUT2D eigenvalue weighted by molar-refractivity contribution is -0.137. The van der Waals surface area contributed by atoms with E-state index in [1.807, 2.05) is 13.0 Å². The summed E-state index contributed by atoms with van der Waals surface area (Å²) in [7, 11) is 1.54. The average molecular weight is 565 g/mol. The fraction of sp³-hybridized carbons (Fsp3) is 0.536. The average Bonchev–Trinajstić information content (AvgIpc) is 3.33. The fourth-order valence-electron chi connectivity index (χ4n) is 5.49. The van der Waals surface area contributed by atoms with E-state index in [0.29, 0.717) is 38.4 Å². The minimum absolute atomic E-state index is 0.176. The summed E-state index contributed by atoms with van der Waals surface area (Å²) in [4.78, 5) is 31.5.